The minimum atomic E-state index is 0.231. The minimum absolute atomic E-state index is 0.231. The van der Waals surface area contributed by atoms with E-state index >= 15 is 0 Å². The van der Waals surface area contributed by atoms with Gasteiger partial charge >= 0.3 is 0 Å². The van der Waals surface area contributed by atoms with Gasteiger partial charge in [0.15, 0.2) is 11.5 Å². The van der Waals surface area contributed by atoms with Gasteiger partial charge < -0.3 is 19.5 Å². The lowest BCUT2D eigenvalue weighted by molar-refractivity contribution is 0.222. The van der Waals surface area contributed by atoms with Crippen LogP contribution in [0, 0.1) is 5.41 Å². The molecule has 4 rings (SSSR count). The van der Waals surface area contributed by atoms with Gasteiger partial charge in [0.2, 0.25) is 0 Å². The van der Waals surface area contributed by atoms with Crippen LogP contribution in [0.4, 0.5) is 0 Å². The predicted molar refractivity (Wildman–Crippen MR) is 120 cm³/mol. The van der Waals surface area contributed by atoms with Gasteiger partial charge in [-0.15, -0.1) is 11.3 Å². The summed E-state index contributed by atoms with van der Waals surface area (Å²) in [6.45, 7) is 5.48. The molecule has 1 saturated heterocycles. The van der Waals surface area contributed by atoms with Crippen LogP contribution in [-0.2, 0) is 0 Å². The molecule has 0 saturated carbocycles. The molecule has 0 radical (unpaired) electrons. The van der Waals surface area contributed by atoms with Crippen molar-refractivity contribution in [1.82, 2.24) is 14.8 Å². The number of aromatic nitrogens is 1. The van der Waals surface area contributed by atoms with Gasteiger partial charge in [-0.1, -0.05) is 6.92 Å². The molecule has 2 N–H and O–H groups in total. The molecule has 160 valence electrons. The number of hydrogen-bond acceptors (Lipinski definition) is 7. The van der Waals surface area contributed by atoms with E-state index in [4.69, 9.17) is 19.9 Å². The van der Waals surface area contributed by atoms with Crippen LogP contribution in [0.25, 0.3) is 16.8 Å². The Morgan fingerprint density at radius 3 is 2.80 bits per heavy atom. The van der Waals surface area contributed by atoms with Crippen molar-refractivity contribution in [3.63, 3.8) is 0 Å². The second-order valence-electron chi connectivity index (χ2n) is 7.58. The maximum absolute atomic E-state index is 10.6. The van der Waals surface area contributed by atoms with Gasteiger partial charge in [0, 0.05) is 23.5 Å². The summed E-state index contributed by atoms with van der Waals surface area (Å²) in [6, 6.07) is 6.11. The van der Waals surface area contributed by atoms with Gasteiger partial charge in [0.05, 0.1) is 32.0 Å². The molecule has 2 aromatic rings. The largest absolute Gasteiger partial charge is 0.510 e. The first-order chi connectivity index (χ1) is 14.5. The maximum atomic E-state index is 10.6. The fraction of sp³-hybridized carbons (Fsp3) is 0.455. The molecule has 3 heterocycles. The Bertz CT molecular complexity index is 971. The number of likely N-dealkylation sites (N-methyl/N-ethyl adjacent to an activating group) is 1. The van der Waals surface area contributed by atoms with Crippen molar-refractivity contribution in [1.29, 1.82) is 5.41 Å². The predicted octanol–water partition coefficient (Wildman–Crippen LogP) is 3.87. The van der Waals surface area contributed by atoms with Crippen molar-refractivity contribution in [2.45, 2.75) is 25.8 Å². The fourth-order valence-corrected chi connectivity index (χ4v) is 5.20. The highest BCUT2D eigenvalue weighted by atomic mass is 32.1. The van der Waals surface area contributed by atoms with E-state index in [1.165, 1.54) is 17.8 Å². The Hall–Kier alpha value is -2.58. The molecule has 1 fully saturated rings. The summed E-state index contributed by atoms with van der Waals surface area (Å²) in [7, 11) is 3.21. The highest BCUT2D eigenvalue weighted by Gasteiger charge is 2.34. The van der Waals surface area contributed by atoms with Gasteiger partial charge in [-0.05, 0) is 44.1 Å². The van der Waals surface area contributed by atoms with Crippen LogP contribution in [0.15, 0.2) is 29.3 Å². The molecule has 1 aromatic carbocycles. The monoisotopic (exact) mass is 428 g/mol. The molecule has 0 unspecified atom stereocenters. The van der Waals surface area contributed by atoms with Crippen LogP contribution in [0.2, 0.25) is 0 Å². The molecule has 0 bridgehead atoms. The highest BCUT2D eigenvalue weighted by Crippen LogP contribution is 2.36. The van der Waals surface area contributed by atoms with Crippen molar-refractivity contribution in [3.05, 3.63) is 34.3 Å². The van der Waals surface area contributed by atoms with Crippen LogP contribution in [0.3, 0.4) is 0 Å². The molecule has 7 nitrogen and oxygen atoms in total. The van der Waals surface area contributed by atoms with Crippen LogP contribution < -0.4 is 9.47 Å². The molecule has 8 heteroatoms. The van der Waals surface area contributed by atoms with Crippen molar-refractivity contribution < 1.29 is 14.6 Å². The van der Waals surface area contributed by atoms with E-state index in [-0.39, 0.29) is 5.76 Å². The van der Waals surface area contributed by atoms with Crippen molar-refractivity contribution in [2.24, 2.45) is 0 Å². The van der Waals surface area contributed by atoms with Crippen molar-refractivity contribution in [3.8, 4) is 22.8 Å². The summed E-state index contributed by atoms with van der Waals surface area (Å²) in [4.78, 5) is 9.15. The molecular weight excluding hydrogens is 400 g/mol. The van der Waals surface area contributed by atoms with Crippen molar-refractivity contribution in [2.75, 3.05) is 40.4 Å². The van der Waals surface area contributed by atoms with Gasteiger partial charge in [-0.25, -0.2) is 4.98 Å². The molecule has 0 aliphatic carbocycles. The Morgan fingerprint density at radius 2 is 2.07 bits per heavy atom. The average Bonchev–Trinajstić information content (AvgIpc) is 3.47. The Labute approximate surface area is 181 Å². The number of aliphatic hydroxyl groups is 1. The van der Waals surface area contributed by atoms with E-state index < -0.39 is 0 Å². The molecule has 0 spiro atoms. The first-order valence-electron chi connectivity index (χ1n) is 10.2. The first kappa shape index (κ1) is 20.7. The number of aliphatic hydroxyl groups excluding tert-OH is 1. The SMILES string of the molecule is CCN1CCC[C@H]1CN1CC(O)=C(c2nc(-c3ccc(OC)c(OC)c3)cs2)C1=N. The van der Waals surface area contributed by atoms with Gasteiger partial charge in [0.1, 0.15) is 16.6 Å². The first-order valence-corrected chi connectivity index (χ1v) is 11.1. The lowest BCUT2D eigenvalue weighted by Crippen LogP contribution is -2.41. The Kier molecular flexibility index (Phi) is 5.97. The quantitative estimate of drug-likeness (QED) is 0.697. The fourth-order valence-electron chi connectivity index (χ4n) is 4.30. The van der Waals surface area contributed by atoms with E-state index in [1.807, 2.05) is 28.5 Å². The lowest BCUT2D eigenvalue weighted by atomic mass is 10.1. The standard InChI is InChI=1S/C22H28N4O3S/c1-4-25-9-5-6-15(25)11-26-12-17(27)20(21(26)23)22-24-16(13-30-22)14-7-8-18(28-2)19(10-14)29-3/h7-8,10,13,15,23,27H,4-6,9,11-12H2,1-3H3/t15-/m0/s1. The number of amidine groups is 1. The Morgan fingerprint density at radius 1 is 1.27 bits per heavy atom. The second-order valence-corrected chi connectivity index (χ2v) is 8.44. The van der Waals surface area contributed by atoms with Gasteiger partial charge in [-0.3, -0.25) is 10.3 Å². The van der Waals surface area contributed by atoms with E-state index in [0.717, 1.165) is 37.3 Å². The number of nitrogens with one attached hydrogen (secondary N) is 1. The minimum Gasteiger partial charge on any atom is -0.510 e. The number of hydrogen-bond donors (Lipinski definition) is 2. The van der Waals surface area contributed by atoms with E-state index in [1.54, 1.807) is 14.2 Å². The molecular formula is C22H28N4O3S. The molecule has 0 amide bonds. The molecule has 2 aliphatic heterocycles. The number of methoxy groups -OCH3 is 2. The maximum Gasteiger partial charge on any atom is 0.161 e. The van der Waals surface area contributed by atoms with Crippen LogP contribution in [0.1, 0.15) is 24.8 Å². The van der Waals surface area contributed by atoms with E-state index in [9.17, 15) is 5.11 Å². The van der Waals surface area contributed by atoms with Crippen molar-refractivity contribution >= 4 is 22.7 Å². The van der Waals surface area contributed by atoms with E-state index in [2.05, 4.69) is 11.8 Å². The number of likely N-dealkylation sites (tertiary alicyclic amines) is 1. The molecule has 1 aromatic heterocycles. The molecule has 2 aliphatic rings. The average molecular weight is 429 g/mol. The number of nitrogens with zero attached hydrogens (tertiary/aromatic N) is 3. The highest BCUT2D eigenvalue weighted by molar-refractivity contribution is 7.11. The summed E-state index contributed by atoms with van der Waals surface area (Å²) in [5, 5.41) is 21.9. The van der Waals surface area contributed by atoms with Gasteiger partial charge in [0.25, 0.3) is 0 Å². The lowest BCUT2D eigenvalue weighted by Gasteiger charge is -2.28. The zero-order valence-electron chi connectivity index (χ0n) is 17.6. The third kappa shape index (κ3) is 3.77. The second kappa shape index (κ2) is 8.65. The molecule has 1 atom stereocenters. The van der Waals surface area contributed by atoms with Gasteiger partial charge in [-0.2, -0.15) is 0 Å². The summed E-state index contributed by atoms with van der Waals surface area (Å²) in [5.41, 5.74) is 2.24. The number of benzene rings is 1. The number of ether oxygens (including phenoxy) is 2. The summed E-state index contributed by atoms with van der Waals surface area (Å²) in [5.74, 6) is 1.90. The summed E-state index contributed by atoms with van der Waals surface area (Å²) >= 11 is 1.44. The third-order valence-electron chi connectivity index (χ3n) is 5.92. The van der Waals surface area contributed by atoms with E-state index in [0.29, 0.717) is 40.5 Å². The van der Waals surface area contributed by atoms with Crippen LogP contribution in [0.5, 0.6) is 11.5 Å². The third-order valence-corrected chi connectivity index (χ3v) is 6.78. The zero-order valence-corrected chi connectivity index (χ0v) is 18.5. The summed E-state index contributed by atoms with van der Waals surface area (Å²) < 4.78 is 10.7. The number of rotatable bonds is 7. The number of thiazole rings is 1. The molecule has 30 heavy (non-hydrogen) atoms. The topological polar surface area (TPSA) is 81.9 Å². The van der Waals surface area contributed by atoms with Crippen LogP contribution >= 0.6 is 11.3 Å². The smallest absolute Gasteiger partial charge is 0.161 e. The zero-order chi connectivity index (χ0) is 21.3. The summed E-state index contributed by atoms with van der Waals surface area (Å²) in [6.07, 6.45) is 2.35. The van der Waals surface area contributed by atoms with Crippen LogP contribution in [-0.4, -0.2) is 72.2 Å². The Balaban J connectivity index is 1.53. The normalized spacial score (nSPS) is 19.8.